The molecule has 1 amide bonds. The average Bonchev–Trinajstić information content (AvgIpc) is 3.35. The molecular formula is C27H23FN6O3S. The largest absolute Gasteiger partial charge is 0.610 e. The van der Waals surface area contributed by atoms with E-state index in [1.165, 1.54) is 52.2 Å². The van der Waals surface area contributed by atoms with E-state index in [9.17, 15) is 18.5 Å². The molecule has 0 radical (unpaired) electrons. The van der Waals surface area contributed by atoms with E-state index in [-0.39, 0.29) is 11.3 Å². The predicted octanol–water partition coefficient (Wildman–Crippen LogP) is 4.30. The Labute approximate surface area is 220 Å². The van der Waals surface area contributed by atoms with Crippen molar-refractivity contribution in [3.8, 4) is 5.69 Å². The number of carbonyl (C=O) groups excluding carboxylic acids is 1. The zero-order chi connectivity index (χ0) is 27.0. The van der Waals surface area contributed by atoms with Crippen LogP contribution in [-0.4, -0.2) is 36.0 Å². The highest BCUT2D eigenvalue weighted by atomic mass is 32.2. The van der Waals surface area contributed by atoms with Crippen LogP contribution in [0.3, 0.4) is 0 Å². The number of hydrogen-bond donors (Lipinski definition) is 2. The SMILES string of the molecule is Cc1ccc(NC(=O)c2cc([S+](C)[O-])n(-c3ccc(F)cc3)n2)cc1Nc1ccc2ncn(C)c(=O)c2c1. The van der Waals surface area contributed by atoms with Crippen molar-refractivity contribution in [2.45, 2.75) is 11.9 Å². The van der Waals surface area contributed by atoms with Gasteiger partial charge in [0.25, 0.3) is 11.5 Å². The number of aromatic nitrogens is 4. The van der Waals surface area contributed by atoms with Crippen molar-refractivity contribution in [3.63, 3.8) is 0 Å². The van der Waals surface area contributed by atoms with Crippen molar-refractivity contribution < 1.29 is 13.7 Å². The van der Waals surface area contributed by atoms with Gasteiger partial charge in [0, 0.05) is 41.4 Å². The molecule has 0 saturated heterocycles. The summed E-state index contributed by atoms with van der Waals surface area (Å²) in [6.45, 7) is 1.92. The molecule has 2 aromatic heterocycles. The third kappa shape index (κ3) is 5.01. The number of aryl methyl sites for hydroxylation is 2. The number of amides is 1. The van der Waals surface area contributed by atoms with Gasteiger partial charge in [-0.3, -0.25) is 9.59 Å². The average molecular weight is 531 g/mol. The van der Waals surface area contributed by atoms with Crippen LogP contribution in [0.1, 0.15) is 16.1 Å². The van der Waals surface area contributed by atoms with Gasteiger partial charge in [-0.05, 0) is 67.1 Å². The molecule has 0 aliphatic carbocycles. The van der Waals surface area contributed by atoms with Gasteiger partial charge in [-0.15, -0.1) is 0 Å². The summed E-state index contributed by atoms with van der Waals surface area (Å²) in [4.78, 5) is 29.8. The molecule has 0 aliphatic rings. The van der Waals surface area contributed by atoms with Gasteiger partial charge in [0.15, 0.2) is 5.69 Å². The molecule has 0 aliphatic heterocycles. The van der Waals surface area contributed by atoms with Gasteiger partial charge >= 0.3 is 0 Å². The lowest BCUT2D eigenvalue weighted by Gasteiger charge is -2.13. The van der Waals surface area contributed by atoms with Gasteiger partial charge in [-0.2, -0.15) is 9.78 Å². The Bertz CT molecular complexity index is 1730. The van der Waals surface area contributed by atoms with Gasteiger partial charge < -0.3 is 19.8 Å². The summed E-state index contributed by atoms with van der Waals surface area (Å²) < 4.78 is 28.4. The highest BCUT2D eigenvalue weighted by molar-refractivity contribution is 7.90. The zero-order valence-electron chi connectivity index (χ0n) is 20.7. The van der Waals surface area contributed by atoms with Gasteiger partial charge in [0.1, 0.15) is 12.1 Å². The molecule has 5 aromatic rings. The van der Waals surface area contributed by atoms with E-state index in [2.05, 4.69) is 20.7 Å². The van der Waals surface area contributed by atoms with E-state index >= 15 is 0 Å². The lowest BCUT2D eigenvalue weighted by Crippen LogP contribution is -2.16. The number of carbonyl (C=O) groups is 1. The molecule has 0 spiro atoms. The Morgan fingerprint density at radius 2 is 1.76 bits per heavy atom. The standard InChI is InChI=1S/C27H23FN6O3S/c1-16-4-7-19(13-23(16)30-18-8-11-22-21(12-18)27(36)33(2)15-29-22)31-26(35)24-14-25(38(3)37)34(32-24)20-9-5-17(28)6-10-20/h4-15,30H,1-3H3,(H,31,35). The summed E-state index contributed by atoms with van der Waals surface area (Å²) >= 11 is -1.44. The highest BCUT2D eigenvalue weighted by Crippen LogP contribution is 2.26. The van der Waals surface area contributed by atoms with E-state index in [4.69, 9.17) is 0 Å². The smallest absolute Gasteiger partial charge is 0.276 e. The molecule has 1 atom stereocenters. The van der Waals surface area contributed by atoms with Crippen LogP contribution in [0, 0.1) is 12.7 Å². The molecule has 1 unspecified atom stereocenters. The number of nitrogens with zero attached hydrogens (tertiary/aromatic N) is 4. The molecule has 0 bridgehead atoms. The number of benzene rings is 3. The molecule has 2 N–H and O–H groups in total. The number of rotatable bonds is 6. The normalized spacial score (nSPS) is 11.9. The fourth-order valence-electron chi connectivity index (χ4n) is 3.92. The molecule has 192 valence electrons. The molecule has 0 saturated carbocycles. The number of fused-ring (bicyclic) bond motifs is 1. The lowest BCUT2D eigenvalue weighted by atomic mass is 10.1. The van der Waals surface area contributed by atoms with Crippen LogP contribution in [0.5, 0.6) is 0 Å². The summed E-state index contributed by atoms with van der Waals surface area (Å²) in [7, 11) is 1.65. The minimum atomic E-state index is -1.44. The van der Waals surface area contributed by atoms with Crippen LogP contribution >= 0.6 is 0 Å². The fraction of sp³-hybridized carbons (Fsp3) is 0.111. The fourth-order valence-corrected chi connectivity index (χ4v) is 4.59. The summed E-state index contributed by atoms with van der Waals surface area (Å²) in [5, 5.41) is 11.2. The topological polar surface area (TPSA) is 117 Å². The van der Waals surface area contributed by atoms with Crippen LogP contribution in [-0.2, 0) is 18.2 Å². The van der Waals surface area contributed by atoms with Gasteiger partial charge in [-0.1, -0.05) is 6.07 Å². The molecule has 2 heterocycles. The van der Waals surface area contributed by atoms with Crippen LogP contribution in [0.25, 0.3) is 16.6 Å². The maximum Gasteiger partial charge on any atom is 0.276 e. The van der Waals surface area contributed by atoms with Crippen molar-refractivity contribution in [1.29, 1.82) is 0 Å². The summed E-state index contributed by atoms with van der Waals surface area (Å²) in [5.41, 5.74) is 3.86. The molecule has 11 heteroatoms. The Morgan fingerprint density at radius 3 is 2.50 bits per heavy atom. The molecule has 3 aromatic carbocycles. The summed E-state index contributed by atoms with van der Waals surface area (Å²) in [6.07, 6.45) is 2.97. The van der Waals surface area contributed by atoms with Crippen LogP contribution < -0.4 is 16.2 Å². The second-order valence-electron chi connectivity index (χ2n) is 8.71. The first-order valence-electron chi connectivity index (χ1n) is 11.5. The Kier molecular flexibility index (Phi) is 6.70. The van der Waals surface area contributed by atoms with Crippen LogP contribution in [0.4, 0.5) is 21.5 Å². The number of anilines is 3. The minimum absolute atomic E-state index is 0.0625. The van der Waals surface area contributed by atoms with Crippen molar-refractivity contribution in [2.75, 3.05) is 16.9 Å². The van der Waals surface area contributed by atoms with Crippen LogP contribution in [0.2, 0.25) is 0 Å². The zero-order valence-corrected chi connectivity index (χ0v) is 21.5. The molecule has 0 fully saturated rings. The van der Waals surface area contributed by atoms with Crippen molar-refractivity contribution >= 4 is 45.0 Å². The van der Waals surface area contributed by atoms with Gasteiger partial charge in [0.2, 0.25) is 5.03 Å². The minimum Gasteiger partial charge on any atom is -0.610 e. The predicted molar refractivity (Wildman–Crippen MR) is 145 cm³/mol. The van der Waals surface area contributed by atoms with E-state index < -0.39 is 22.9 Å². The first-order valence-corrected chi connectivity index (χ1v) is 13.1. The first-order chi connectivity index (χ1) is 18.2. The summed E-state index contributed by atoms with van der Waals surface area (Å²) in [6, 6.07) is 17.7. The van der Waals surface area contributed by atoms with Gasteiger partial charge in [0.05, 0.1) is 22.9 Å². The molecule has 9 nitrogen and oxygen atoms in total. The second kappa shape index (κ2) is 10.1. The second-order valence-corrected chi connectivity index (χ2v) is 10.0. The van der Waals surface area contributed by atoms with E-state index in [0.29, 0.717) is 33.0 Å². The Hall–Kier alpha value is -4.48. The number of halogens is 1. The van der Waals surface area contributed by atoms with E-state index in [1.54, 1.807) is 31.3 Å². The highest BCUT2D eigenvalue weighted by Gasteiger charge is 2.22. The Balaban J connectivity index is 1.40. The van der Waals surface area contributed by atoms with Crippen molar-refractivity contribution in [3.05, 3.63) is 100 Å². The van der Waals surface area contributed by atoms with Gasteiger partial charge in [-0.25, -0.2) is 9.37 Å². The molecule has 5 rings (SSSR count). The quantitative estimate of drug-likeness (QED) is 0.316. The van der Waals surface area contributed by atoms with Crippen LogP contribution in [0.15, 0.2) is 82.9 Å². The Morgan fingerprint density at radius 1 is 1.03 bits per heavy atom. The summed E-state index contributed by atoms with van der Waals surface area (Å²) in [5.74, 6) is -0.905. The van der Waals surface area contributed by atoms with Crippen molar-refractivity contribution in [2.24, 2.45) is 7.05 Å². The third-order valence-electron chi connectivity index (χ3n) is 5.97. The third-order valence-corrected chi connectivity index (χ3v) is 6.85. The maximum absolute atomic E-state index is 13.4. The van der Waals surface area contributed by atoms with Crippen molar-refractivity contribution in [1.82, 2.24) is 19.3 Å². The van der Waals surface area contributed by atoms with E-state index in [1.807, 2.05) is 19.1 Å². The lowest BCUT2D eigenvalue weighted by molar-refractivity contribution is 0.102. The molecule has 38 heavy (non-hydrogen) atoms. The number of nitrogens with one attached hydrogen (secondary N) is 2. The molecular weight excluding hydrogens is 507 g/mol. The number of hydrogen-bond acceptors (Lipinski definition) is 6. The monoisotopic (exact) mass is 530 g/mol. The van der Waals surface area contributed by atoms with E-state index in [0.717, 1.165) is 11.3 Å². The maximum atomic E-state index is 13.4. The first kappa shape index (κ1) is 25.2.